The van der Waals surface area contributed by atoms with Gasteiger partial charge in [-0.1, -0.05) is 48.5 Å². The number of carboxylic acid groups (broad SMARTS) is 1. The van der Waals surface area contributed by atoms with Crippen LogP contribution in [0.2, 0.25) is 0 Å². The van der Waals surface area contributed by atoms with E-state index in [0.29, 0.717) is 26.4 Å². The molecule has 0 radical (unpaired) electrons. The molecular formula is C24H29NO7. The minimum absolute atomic E-state index is 0.0720. The largest absolute Gasteiger partial charge is 0.481 e. The van der Waals surface area contributed by atoms with Crippen molar-refractivity contribution < 1.29 is 33.6 Å². The summed E-state index contributed by atoms with van der Waals surface area (Å²) in [6.07, 6.45) is 0. The van der Waals surface area contributed by atoms with Gasteiger partial charge in [0.25, 0.3) is 0 Å². The molecule has 0 saturated carbocycles. The summed E-state index contributed by atoms with van der Waals surface area (Å²) in [6, 6.07) is 15.9. The van der Waals surface area contributed by atoms with E-state index in [9.17, 15) is 14.7 Å². The molecule has 0 saturated heterocycles. The summed E-state index contributed by atoms with van der Waals surface area (Å²) in [6.45, 7) is 1.96. The van der Waals surface area contributed by atoms with E-state index in [1.807, 2.05) is 48.5 Å². The highest BCUT2D eigenvalue weighted by molar-refractivity contribution is 5.94. The highest BCUT2D eigenvalue weighted by Gasteiger charge is 2.32. The number of carboxylic acids is 1. The van der Waals surface area contributed by atoms with Crippen LogP contribution in [-0.2, 0) is 28.5 Å². The summed E-state index contributed by atoms with van der Waals surface area (Å²) in [5.41, 5.74) is 9.66. The number of nitrogens with two attached hydrogens (primary N) is 1. The van der Waals surface area contributed by atoms with Crippen LogP contribution in [0.15, 0.2) is 48.5 Å². The number of esters is 1. The second kappa shape index (κ2) is 12.3. The van der Waals surface area contributed by atoms with Crippen LogP contribution in [0.1, 0.15) is 17.0 Å². The maximum Gasteiger partial charge on any atom is 0.322 e. The molecule has 32 heavy (non-hydrogen) atoms. The van der Waals surface area contributed by atoms with Crippen LogP contribution in [0, 0.1) is 5.92 Å². The Balaban J connectivity index is 1.47. The Kier molecular flexibility index (Phi) is 9.18. The number of fused-ring (bicyclic) bond motifs is 3. The summed E-state index contributed by atoms with van der Waals surface area (Å²) < 4.78 is 21.2. The van der Waals surface area contributed by atoms with Crippen LogP contribution < -0.4 is 5.73 Å². The van der Waals surface area contributed by atoms with Gasteiger partial charge in [-0.15, -0.1) is 0 Å². The SMILES string of the molecule is NCCOCCOCCOC[C@H](C(=O)O)C(=O)OCC1c2ccccc2-c2ccccc21. The van der Waals surface area contributed by atoms with Crippen LogP contribution in [0.5, 0.6) is 0 Å². The van der Waals surface area contributed by atoms with Gasteiger partial charge < -0.3 is 29.8 Å². The summed E-state index contributed by atoms with van der Waals surface area (Å²) in [5.74, 6) is -3.61. The van der Waals surface area contributed by atoms with Gasteiger partial charge in [0.15, 0.2) is 5.92 Å². The number of carbonyl (C=O) groups excluding carboxylic acids is 1. The third-order valence-corrected chi connectivity index (χ3v) is 5.23. The maximum absolute atomic E-state index is 12.5. The summed E-state index contributed by atoms with van der Waals surface area (Å²) in [5, 5.41) is 9.44. The van der Waals surface area contributed by atoms with E-state index in [0.717, 1.165) is 22.3 Å². The molecule has 0 fully saturated rings. The first-order valence-electron chi connectivity index (χ1n) is 10.6. The number of benzene rings is 2. The standard InChI is InChI=1S/C24H29NO7/c25-9-10-29-11-12-30-13-14-31-15-22(23(26)27)24(28)32-16-21-19-7-3-1-5-17(19)18-6-2-4-8-20(18)21/h1-8,21-22H,9-16,25H2,(H,26,27)/t22-/m1/s1. The summed E-state index contributed by atoms with van der Waals surface area (Å²) in [7, 11) is 0. The first-order valence-corrected chi connectivity index (χ1v) is 10.6. The van der Waals surface area contributed by atoms with Gasteiger partial charge in [-0.2, -0.15) is 0 Å². The Bertz CT molecular complexity index is 856. The van der Waals surface area contributed by atoms with Crippen molar-refractivity contribution in [2.24, 2.45) is 11.7 Å². The highest BCUT2D eigenvalue weighted by Crippen LogP contribution is 2.44. The van der Waals surface area contributed by atoms with E-state index in [1.165, 1.54) is 0 Å². The summed E-state index contributed by atoms with van der Waals surface area (Å²) >= 11 is 0. The molecule has 0 heterocycles. The average molecular weight is 443 g/mol. The van der Waals surface area contributed by atoms with Gasteiger partial charge in [-0.05, 0) is 22.3 Å². The first kappa shape index (κ1) is 23.9. The molecule has 3 rings (SSSR count). The van der Waals surface area contributed by atoms with Crippen molar-refractivity contribution in [2.45, 2.75) is 5.92 Å². The molecule has 1 atom stereocenters. The van der Waals surface area contributed by atoms with Crippen molar-refractivity contribution in [3.63, 3.8) is 0 Å². The number of rotatable bonds is 14. The molecule has 0 aromatic heterocycles. The minimum atomic E-state index is -1.39. The van der Waals surface area contributed by atoms with Crippen LogP contribution in [-0.4, -0.2) is 69.8 Å². The summed E-state index contributed by atoms with van der Waals surface area (Å²) in [4.78, 5) is 24.1. The third kappa shape index (κ3) is 6.14. The average Bonchev–Trinajstić information content (AvgIpc) is 3.12. The lowest BCUT2D eigenvalue weighted by molar-refractivity contribution is -0.162. The van der Waals surface area contributed by atoms with Crippen molar-refractivity contribution in [1.82, 2.24) is 0 Å². The zero-order chi connectivity index (χ0) is 22.8. The molecular weight excluding hydrogens is 414 g/mol. The van der Waals surface area contributed by atoms with E-state index >= 15 is 0 Å². The topological polar surface area (TPSA) is 117 Å². The van der Waals surface area contributed by atoms with E-state index in [-0.39, 0.29) is 32.3 Å². The predicted octanol–water partition coefficient (Wildman–Crippen LogP) is 2.05. The molecule has 172 valence electrons. The van der Waals surface area contributed by atoms with Crippen molar-refractivity contribution in [2.75, 3.05) is 52.8 Å². The predicted molar refractivity (Wildman–Crippen MR) is 117 cm³/mol. The molecule has 0 bridgehead atoms. The lowest BCUT2D eigenvalue weighted by Gasteiger charge is -2.17. The number of ether oxygens (including phenoxy) is 4. The van der Waals surface area contributed by atoms with Crippen LogP contribution in [0.25, 0.3) is 11.1 Å². The molecule has 3 N–H and O–H groups in total. The fourth-order valence-electron chi connectivity index (χ4n) is 3.67. The number of hydrogen-bond acceptors (Lipinski definition) is 7. The Hall–Kier alpha value is -2.78. The van der Waals surface area contributed by atoms with E-state index in [2.05, 4.69) is 0 Å². The Morgan fingerprint density at radius 1 is 0.844 bits per heavy atom. The van der Waals surface area contributed by atoms with E-state index in [1.54, 1.807) is 0 Å². The molecule has 8 nitrogen and oxygen atoms in total. The fourth-order valence-corrected chi connectivity index (χ4v) is 3.67. The van der Waals surface area contributed by atoms with Crippen molar-refractivity contribution in [3.05, 3.63) is 59.7 Å². The monoisotopic (exact) mass is 443 g/mol. The van der Waals surface area contributed by atoms with E-state index < -0.39 is 17.9 Å². The molecule has 2 aromatic rings. The first-order chi connectivity index (χ1) is 15.6. The molecule has 0 amide bonds. The fraction of sp³-hybridized carbons (Fsp3) is 0.417. The zero-order valence-electron chi connectivity index (χ0n) is 17.9. The van der Waals surface area contributed by atoms with Crippen LogP contribution >= 0.6 is 0 Å². The van der Waals surface area contributed by atoms with Gasteiger partial charge in [0.2, 0.25) is 0 Å². The van der Waals surface area contributed by atoms with Crippen molar-refractivity contribution >= 4 is 11.9 Å². The van der Waals surface area contributed by atoms with Crippen LogP contribution in [0.4, 0.5) is 0 Å². The second-order valence-corrected chi connectivity index (χ2v) is 7.34. The van der Waals surface area contributed by atoms with Gasteiger partial charge in [0.1, 0.15) is 6.61 Å². The minimum Gasteiger partial charge on any atom is -0.481 e. The lowest BCUT2D eigenvalue weighted by atomic mass is 9.98. The second-order valence-electron chi connectivity index (χ2n) is 7.34. The van der Waals surface area contributed by atoms with Gasteiger partial charge in [0, 0.05) is 12.5 Å². The van der Waals surface area contributed by atoms with Gasteiger partial charge >= 0.3 is 11.9 Å². The lowest BCUT2D eigenvalue weighted by Crippen LogP contribution is -2.31. The third-order valence-electron chi connectivity index (χ3n) is 5.23. The number of aliphatic carboxylic acids is 1. The Morgan fingerprint density at radius 3 is 1.94 bits per heavy atom. The van der Waals surface area contributed by atoms with Gasteiger partial charge in [-0.25, -0.2) is 0 Å². The maximum atomic E-state index is 12.5. The molecule has 1 aliphatic carbocycles. The molecule has 0 unspecified atom stereocenters. The molecule has 8 heteroatoms. The zero-order valence-corrected chi connectivity index (χ0v) is 17.9. The number of carbonyl (C=O) groups is 2. The van der Waals surface area contributed by atoms with Gasteiger partial charge in [0.05, 0.1) is 39.6 Å². The van der Waals surface area contributed by atoms with Crippen LogP contribution in [0.3, 0.4) is 0 Å². The Morgan fingerprint density at radius 2 is 1.38 bits per heavy atom. The normalized spacial score (nSPS) is 13.4. The van der Waals surface area contributed by atoms with Crippen molar-refractivity contribution in [1.29, 1.82) is 0 Å². The molecule has 2 aromatic carbocycles. The highest BCUT2D eigenvalue weighted by atomic mass is 16.6. The smallest absolute Gasteiger partial charge is 0.322 e. The Labute approximate surface area is 187 Å². The quantitative estimate of drug-likeness (QED) is 0.259. The van der Waals surface area contributed by atoms with Crippen molar-refractivity contribution in [3.8, 4) is 11.1 Å². The van der Waals surface area contributed by atoms with E-state index in [4.69, 9.17) is 24.7 Å². The molecule has 0 spiro atoms. The molecule has 0 aliphatic heterocycles. The number of hydrogen-bond donors (Lipinski definition) is 2. The molecule has 1 aliphatic rings. The van der Waals surface area contributed by atoms with Gasteiger partial charge in [-0.3, -0.25) is 9.59 Å².